The van der Waals surface area contributed by atoms with Gasteiger partial charge in [-0.25, -0.2) is 4.98 Å². The molecule has 2 N–H and O–H groups in total. The van der Waals surface area contributed by atoms with E-state index < -0.39 is 0 Å². The number of hydrogen-bond acceptors (Lipinski definition) is 5. The number of anilines is 1. The zero-order chi connectivity index (χ0) is 20.1. The number of carbonyl (C=O) groups is 2. The summed E-state index contributed by atoms with van der Waals surface area (Å²) in [4.78, 5) is 28.2. The first-order valence-electron chi connectivity index (χ1n) is 8.90. The third kappa shape index (κ3) is 4.41. The van der Waals surface area contributed by atoms with Gasteiger partial charge in [-0.3, -0.25) is 9.59 Å². The van der Waals surface area contributed by atoms with Gasteiger partial charge in [0.2, 0.25) is 0 Å². The predicted octanol–water partition coefficient (Wildman–Crippen LogP) is 4.12. The van der Waals surface area contributed by atoms with E-state index in [9.17, 15) is 9.59 Å². The van der Waals surface area contributed by atoms with E-state index in [2.05, 4.69) is 15.6 Å². The highest BCUT2D eigenvalue weighted by atomic mass is 16.3. The van der Waals surface area contributed by atoms with Crippen LogP contribution < -0.4 is 10.6 Å². The minimum absolute atomic E-state index is 0.177. The van der Waals surface area contributed by atoms with Crippen molar-refractivity contribution in [2.24, 2.45) is 0 Å². The standard InChI is InChI=1S/C22H17N3O4/c26-21(17-7-5-16(6-8-17)20-13-23-14-29-20)24-12-15-3-9-18(10-4-15)25-22(27)19-2-1-11-28-19/h1-11,13-14H,12H2,(H,24,26)(H,25,27). The highest BCUT2D eigenvalue weighted by molar-refractivity contribution is 6.02. The van der Waals surface area contributed by atoms with Gasteiger partial charge < -0.3 is 19.5 Å². The lowest BCUT2D eigenvalue weighted by Crippen LogP contribution is -2.22. The van der Waals surface area contributed by atoms with E-state index in [1.165, 1.54) is 12.7 Å². The van der Waals surface area contributed by atoms with E-state index in [0.29, 0.717) is 23.6 Å². The number of hydrogen-bond donors (Lipinski definition) is 2. The molecule has 0 bridgehead atoms. The van der Waals surface area contributed by atoms with Crippen LogP contribution >= 0.6 is 0 Å². The van der Waals surface area contributed by atoms with Gasteiger partial charge in [0.25, 0.3) is 11.8 Å². The van der Waals surface area contributed by atoms with E-state index >= 15 is 0 Å². The summed E-state index contributed by atoms with van der Waals surface area (Å²) in [7, 11) is 0. The summed E-state index contributed by atoms with van der Waals surface area (Å²) in [6.07, 6.45) is 4.43. The largest absolute Gasteiger partial charge is 0.459 e. The van der Waals surface area contributed by atoms with Gasteiger partial charge in [-0.1, -0.05) is 24.3 Å². The number of rotatable bonds is 6. The van der Waals surface area contributed by atoms with Crippen molar-refractivity contribution in [2.75, 3.05) is 5.32 Å². The molecule has 0 saturated heterocycles. The van der Waals surface area contributed by atoms with Crippen LogP contribution in [0.15, 0.2) is 88.4 Å². The second-order valence-corrected chi connectivity index (χ2v) is 6.25. The van der Waals surface area contributed by atoms with Crippen molar-refractivity contribution in [3.05, 3.63) is 96.4 Å². The van der Waals surface area contributed by atoms with Crippen molar-refractivity contribution < 1.29 is 18.4 Å². The molecular weight excluding hydrogens is 370 g/mol. The molecule has 2 amide bonds. The molecule has 7 heteroatoms. The van der Waals surface area contributed by atoms with Crippen LogP contribution in [0.5, 0.6) is 0 Å². The Morgan fingerprint density at radius 2 is 1.69 bits per heavy atom. The molecule has 0 unspecified atom stereocenters. The predicted molar refractivity (Wildman–Crippen MR) is 106 cm³/mol. The second kappa shape index (κ2) is 8.26. The normalized spacial score (nSPS) is 10.5. The van der Waals surface area contributed by atoms with E-state index in [4.69, 9.17) is 8.83 Å². The van der Waals surface area contributed by atoms with Crippen molar-refractivity contribution >= 4 is 17.5 Å². The molecule has 4 aromatic rings. The van der Waals surface area contributed by atoms with Crippen LogP contribution in [-0.2, 0) is 6.54 Å². The van der Waals surface area contributed by atoms with Gasteiger partial charge in [-0.2, -0.15) is 0 Å². The Morgan fingerprint density at radius 3 is 2.34 bits per heavy atom. The Kier molecular flexibility index (Phi) is 5.20. The van der Waals surface area contributed by atoms with Crippen LogP contribution in [0.25, 0.3) is 11.3 Å². The molecule has 29 heavy (non-hydrogen) atoms. The lowest BCUT2D eigenvalue weighted by atomic mass is 10.1. The maximum atomic E-state index is 12.3. The molecule has 0 aliphatic rings. The first-order valence-corrected chi connectivity index (χ1v) is 8.90. The van der Waals surface area contributed by atoms with Crippen LogP contribution in [-0.4, -0.2) is 16.8 Å². The summed E-state index contributed by atoms with van der Waals surface area (Å²) >= 11 is 0. The number of nitrogens with zero attached hydrogens (tertiary/aromatic N) is 1. The SMILES string of the molecule is O=C(NCc1ccc(NC(=O)c2ccco2)cc1)c1ccc(-c2cnco2)cc1. The quantitative estimate of drug-likeness (QED) is 0.519. The van der Waals surface area contributed by atoms with E-state index in [-0.39, 0.29) is 17.6 Å². The van der Waals surface area contributed by atoms with Crippen molar-refractivity contribution in [1.29, 1.82) is 0 Å². The lowest BCUT2D eigenvalue weighted by molar-refractivity contribution is 0.0950. The van der Waals surface area contributed by atoms with Crippen LogP contribution in [0.4, 0.5) is 5.69 Å². The summed E-state index contributed by atoms with van der Waals surface area (Å²) < 4.78 is 10.3. The first kappa shape index (κ1) is 18.2. The van der Waals surface area contributed by atoms with Crippen molar-refractivity contribution in [1.82, 2.24) is 10.3 Å². The molecule has 0 fully saturated rings. The number of oxazole rings is 1. The third-order valence-corrected chi connectivity index (χ3v) is 4.27. The fourth-order valence-corrected chi connectivity index (χ4v) is 2.73. The Morgan fingerprint density at radius 1 is 0.897 bits per heavy atom. The smallest absolute Gasteiger partial charge is 0.291 e. The van der Waals surface area contributed by atoms with Gasteiger partial charge >= 0.3 is 0 Å². The third-order valence-electron chi connectivity index (χ3n) is 4.27. The number of benzene rings is 2. The van der Waals surface area contributed by atoms with Crippen LogP contribution in [0.1, 0.15) is 26.5 Å². The molecular formula is C22H17N3O4. The molecule has 7 nitrogen and oxygen atoms in total. The monoisotopic (exact) mass is 387 g/mol. The fraction of sp³-hybridized carbons (Fsp3) is 0.0455. The molecule has 4 rings (SSSR count). The van der Waals surface area contributed by atoms with E-state index in [1.807, 2.05) is 24.3 Å². The van der Waals surface area contributed by atoms with Gasteiger partial charge in [0.15, 0.2) is 17.9 Å². The molecule has 0 atom stereocenters. The molecule has 2 heterocycles. The van der Waals surface area contributed by atoms with E-state index in [1.54, 1.807) is 42.6 Å². The summed E-state index contributed by atoms with van der Waals surface area (Å²) in [5.74, 6) is 0.404. The number of nitrogens with one attached hydrogen (secondary N) is 2. The average molecular weight is 387 g/mol. The summed E-state index contributed by atoms with van der Waals surface area (Å²) in [5, 5.41) is 5.62. The number of carbonyl (C=O) groups excluding carboxylic acids is 2. The maximum absolute atomic E-state index is 12.3. The Balaban J connectivity index is 1.31. The van der Waals surface area contributed by atoms with Crippen molar-refractivity contribution in [2.45, 2.75) is 6.54 Å². The first-order chi connectivity index (χ1) is 14.2. The second-order valence-electron chi connectivity index (χ2n) is 6.25. The molecule has 0 spiro atoms. The van der Waals surface area contributed by atoms with Crippen molar-refractivity contribution in [3.63, 3.8) is 0 Å². The van der Waals surface area contributed by atoms with Gasteiger partial charge in [-0.15, -0.1) is 0 Å². The van der Waals surface area contributed by atoms with Crippen LogP contribution in [0, 0.1) is 0 Å². The minimum atomic E-state index is -0.315. The van der Waals surface area contributed by atoms with Gasteiger partial charge in [0.1, 0.15) is 0 Å². The zero-order valence-corrected chi connectivity index (χ0v) is 15.3. The highest BCUT2D eigenvalue weighted by Crippen LogP contribution is 2.19. The molecule has 0 aliphatic heterocycles. The minimum Gasteiger partial charge on any atom is -0.459 e. The van der Waals surface area contributed by atoms with Crippen LogP contribution in [0.3, 0.4) is 0 Å². The number of furan rings is 1. The Labute approximate surface area is 166 Å². The average Bonchev–Trinajstić information content (AvgIpc) is 3.47. The zero-order valence-electron chi connectivity index (χ0n) is 15.3. The summed E-state index contributed by atoms with van der Waals surface area (Å²) in [5.41, 5.74) is 2.96. The Bertz CT molecular complexity index is 1080. The highest BCUT2D eigenvalue weighted by Gasteiger charge is 2.09. The summed E-state index contributed by atoms with van der Waals surface area (Å²) in [6.45, 7) is 0.370. The fourth-order valence-electron chi connectivity index (χ4n) is 2.73. The summed E-state index contributed by atoms with van der Waals surface area (Å²) in [6, 6.07) is 17.6. The number of aromatic nitrogens is 1. The maximum Gasteiger partial charge on any atom is 0.291 e. The van der Waals surface area contributed by atoms with E-state index in [0.717, 1.165) is 11.1 Å². The topological polar surface area (TPSA) is 97.4 Å². The van der Waals surface area contributed by atoms with Gasteiger partial charge in [-0.05, 0) is 42.0 Å². The molecule has 2 aromatic carbocycles. The molecule has 0 aliphatic carbocycles. The Hall–Kier alpha value is -4.13. The molecule has 2 aromatic heterocycles. The molecule has 144 valence electrons. The van der Waals surface area contributed by atoms with Crippen molar-refractivity contribution in [3.8, 4) is 11.3 Å². The number of amides is 2. The van der Waals surface area contributed by atoms with Gasteiger partial charge in [0, 0.05) is 23.4 Å². The lowest BCUT2D eigenvalue weighted by Gasteiger charge is -2.08. The molecule has 0 radical (unpaired) electrons. The van der Waals surface area contributed by atoms with Crippen LogP contribution in [0.2, 0.25) is 0 Å². The van der Waals surface area contributed by atoms with Gasteiger partial charge in [0.05, 0.1) is 12.5 Å². The molecule has 0 saturated carbocycles.